The molecule has 24 heavy (non-hydrogen) atoms. The van der Waals surface area contributed by atoms with E-state index in [4.69, 9.17) is 5.73 Å². The lowest BCUT2D eigenvalue weighted by Gasteiger charge is -2.18. The number of aromatic nitrogens is 1. The monoisotopic (exact) mass is 319 g/mol. The third-order valence-corrected chi connectivity index (χ3v) is 4.86. The number of carbonyl (C=O) groups excluding carboxylic acids is 1. The number of hydrogen-bond donors (Lipinski definition) is 3. The summed E-state index contributed by atoms with van der Waals surface area (Å²) in [5, 5.41) is 4.11. The van der Waals surface area contributed by atoms with Crippen LogP contribution < -0.4 is 11.1 Å². The zero-order valence-corrected chi connectivity index (χ0v) is 13.7. The Balaban J connectivity index is 1.65. The highest BCUT2D eigenvalue weighted by atomic mass is 16.1. The number of benzene rings is 2. The summed E-state index contributed by atoms with van der Waals surface area (Å²) in [7, 11) is 0. The smallest absolute Gasteiger partial charge is 0.255 e. The number of anilines is 2. The van der Waals surface area contributed by atoms with E-state index in [0.717, 1.165) is 24.0 Å². The molecule has 1 atom stereocenters. The maximum absolute atomic E-state index is 12.5. The zero-order valence-electron chi connectivity index (χ0n) is 13.7. The third kappa shape index (κ3) is 2.64. The highest BCUT2D eigenvalue weighted by molar-refractivity contribution is 6.06. The van der Waals surface area contributed by atoms with Crippen LogP contribution in [-0.2, 0) is 12.8 Å². The number of hydrogen-bond acceptors (Lipinski definition) is 2. The standard InChI is InChI=1S/C20H21N3O/c1-12-2-8-18-16(10-12)17-11-13(3-9-19(17)23-18)20(24)22-15-6-4-14(21)5-7-15/h3-7,9,11-12,23H,2,8,10,21H2,1H3,(H,22,24). The first-order valence-electron chi connectivity index (χ1n) is 8.40. The van der Waals surface area contributed by atoms with Crippen LogP contribution in [0.3, 0.4) is 0 Å². The minimum atomic E-state index is -0.0968. The number of nitrogens with two attached hydrogens (primary N) is 1. The Morgan fingerprint density at radius 1 is 1.21 bits per heavy atom. The molecule has 4 nitrogen and oxygen atoms in total. The van der Waals surface area contributed by atoms with Crippen molar-refractivity contribution in [1.29, 1.82) is 0 Å². The quantitative estimate of drug-likeness (QED) is 0.622. The number of amides is 1. The van der Waals surface area contributed by atoms with Crippen LogP contribution in [0.1, 0.15) is 35.0 Å². The number of fused-ring (bicyclic) bond motifs is 3. The minimum Gasteiger partial charge on any atom is -0.399 e. The van der Waals surface area contributed by atoms with Crippen molar-refractivity contribution >= 4 is 28.2 Å². The Morgan fingerprint density at radius 2 is 2.00 bits per heavy atom. The summed E-state index contributed by atoms with van der Waals surface area (Å²) < 4.78 is 0. The molecule has 0 fully saturated rings. The number of H-pyrrole nitrogens is 1. The molecule has 122 valence electrons. The molecule has 0 radical (unpaired) electrons. The lowest BCUT2D eigenvalue weighted by atomic mass is 9.87. The molecule has 4 N–H and O–H groups in total. The van der Waals surface area contributed by atoms with Crippen molar-refractivity contribution in [3.05, 3.63) is 59.3 Å². The van der Waals surface area contributed by atoms with Crippen LogP contribution in [0, 0.1) is 5.92 Å². The summed E-state index contributed by atoms with van der Waals surface area (Å²) in [6.07, 6.45) is 3.40. The first kappa shape index (κ1) is 14.8. The Morgan fingerprint density at radius 3 is 2.79 bits per heavy atom. The first-order chi connectivity index (χ1) is 11.6. The molecule has 1 amide bonds. The molecule has 3 aromatic rings. The van der Waals surface area contributed by atoms with E-state index in [1.54, 1.807) is 12.1 Å². The summed E-state index contributed by atoms with van der Waals surface area (Å²) in [4.78, 5) is 16.1. The average molecular weight is 319 g/mol. The third-order valence-electron chi connectivity index (χ3n) is 4.86. The molecule has 1 unspecified atom stereocenters. The molecule has 1 aliphatic carbocycles. The summed E-state index contributed by atoms with van der Waals surface area (Å²) in [6, 6.07) is 13.1. The highest BCUT2D eigenvalue weighted by Gasteiger charge is 2.20. The molecular weight excluding hydrogens is 298 g/mol. The van der Waals surface area contributed by atoms with Crippen molar-refractivity contribution in [3.8, 4) is 0 Å². The number of aromatic amines is 1. The molecule has 4 heteroatoms. The van der Waals surface area contributed by atoms with Gasteiger partial charge in [0.2, 0.25) is 0 Å². The summed E-state index contributed by atoms with van der Waals surface area (Å²) >= 11 is 0. The molecule has 0 bridgehead atoms. The van der Waals surface area contributed by atoms with Crippen molar-refractivity contribution in [2.45, 2.75) is 26.2 Å². The fourth-order valence-electron chi connectivity index (χ4n) is 3.50. The van der Waals surface area contributed by atoms with Crippen molar-refractivity contribution in [2.24, 2.45) is 5.92 Å². The minimum absolute atomic E-state index is 0.0968. The highest BCUT2D eigenvalue weighted by Crippen LogP contribution is 2.32. The molecule has 0 aliphatic heterocycles. The van der Waals surface area contributed by atoms with Crippen molar-refractivity contribution in [1.82, 2.24) is 4.98 Å². The van der Waals surface area contributed by atoms with Crippen LogP contribution in [0.5, 0.6) is 0 Å². The van der Waals surface area contributed by atoms with Gasteiger partial charge in [-0.1, -0.05) is 6.92 Å². The van der Waals surface area contributed by atoms with E-state index in [9.17, 15) is 4.79 Å². The van der Waals surface area contributed by atoms with Gasteiger partial charge in [-0.05, 0) is 73.2 Å². The number of nitrogen functional groups attached to an aromatic ring is 1. The van der Waals surface area contributed by atoms with E-state index in [1.807, 2.05) is 30.3 Å². The van der Waals surface area contributed by atoms with E-state index < -0.39 is 0 Å². The molecule has 0 saturated heterocycles. The van der Waals surface area contributed by atoms with Gasteiger partial charge in [-0.3, -0.25) is 4.79 Å². The fourth-order valence-corrected chi connectivity index (χ4v) is 3.50. The lowest BCUT2D eigenvalue weighted by molar-refractivity contribution is 0.102. The molecule has 1 aromatic heterocycles. The molecule has 0 spiro atoms. The summed E-state index contributed by atoms with van der Waals surface area (Å²) in [5.74, 6) is 0.601. The van der Waals surface area contributed by atoms with Crippen molar-refractivity contribution in [3.63, 3.8) is 0 Å². The van der Waals surface area contributed by atoms with Gasteiger partial charge in [0.05, 0.1) is 0 Å². The topological polar surface area (TPSA) is 70.9 Å². The van der Waals surface area contributed by atoms with Gasteiger partial charge in [0.1, 0.15) is 0 Å². The van der Waals surface area contributed by atoms with Crippen LogP contribution in [0.2, 0.25) is 0 Å². The Bertz CT molecular complexity index is 909. The number of nitrogens with one attached hydrogen (secondary N) is 2. The van der Waals surface area contributed by atoms with Crippen LogP contribution in [0.25, 0.3) is 10.9 Å². The maximum atomic E-state index is 12.5. The van der Waals surface area contributed by atoms with Gasteiger partial charge in [-0.15, -0.1) is 0 Å². The van der Waals surface area contributed by atoms with Crippen molar-refractivity contribution < 1.29 is 4.79 Å². The molecule has 2 aromatic carbocycles. The second kappa shape index (κ2) is 5.71. The van der Waals surface area contributed by atoms with Gasteiger partial charge in [0, 0.05) is 33.5 Å². The average Bonchev–Trinajstić information content (AvgIpc) is 2.94. The predicted octanol–water partition coefficient (Wildman–Crippen LogP) is 4.13. The van der Waals surface area contributed by atoms with E-state index >= 15 is 0 Å². The van der Waals surface area contributed by atoms with Crippen LogP contribution >= 0.6 is 0 Å². The maximum Gasteiger partial charge on any atom is 0.255 e. The van der Waals surface area contributed by atoms with E-state index in [1.165, 1.54) is 23.1 Å². The Kier molecular flexibility index (Phi) is 3.53. The van der Waals surface area contributed by atoms with Gasteiger partial charge < -0.3 is 16.0 Å². The van der Waals surface area contributed by atoms with Crippen LogP contribution in [-0.4, -0.2) is 10.9 Å². The summed E-state index contributed by atoms with van der Waals surface area (Å²) in [5.41, 5.74) is 11.6. The second-order valence-corrected chi connectivity index (χ2v) is 6.77. The zero-order chi connectivity index (χ0) is 16.7. The Hall–Kier alpha value is -2.75. The second-order valence-electron chi connectivity index (χ2n) is 6.77. The molecule has 0 saturated carbocycles. The first-order valence-corrected chi connectivity index (χ1v) is 8.40. The van der Waals surface area contributed by atoms with Crippen molar-refractivity contribution in [2.75, 3.05) is 11.1 Å². The van der Waals surface area contributed by atoms with Gasteiger partial charge in [0.15, 0.2) is 0 Å². The number of rotatable bonds is 2. The molecule has 1 aliphatic rings. The predicted molar refractivity (Wildman–Crippen MR) is 98.3 cm³/mol. The lowest BCUT2D eigenvalue weighted by Crippen LogP contribution is -2.12. The summed E-state index contributed by atoms with van der Waals surface area (Å²) in [6.45, 7) is 2.29. The molecule has 1 heterocycles. The van der Waals surface area contributed by atoms with Gasteiger partial charge in [-0.2, -0.15) is 0 Å². The van der Waals surface area contributed by atoms with Gasteiger partial charge >= 0.3 is 0 Å². The molecule has 4 rings (SSSR count). The molecular formula is C20H21N3O. The largest absolute Gasteiger partial charge is 0.399 e. The van der Waals surface area contributed by atoms with Gasteiger partial charge in [0.25, 0.3) is 5.91 Å². The van der Waals surface area contributed by atoms with E-state index in [2.05, 4.69) is 17.2 Å². The SMILES string of the molecule is CC1CCc2[nH]c3ccc(C(=O)Nc4ccc(N)cc4)cc3c2C1. The van der Waals surface area contributed by atoms with Gasteiger partial charge in [-0.25, -0.2) is 0 Å². The number of carbonyl (C=O) groups is 1. The number of aryl methyl sites for hydroxylation is 1. The van der Waals surface area contributed by atoms with Crippen LogP contribution in [0.15, 0.2) is 42.5 Å². The van der Waals surface area contributed by atoms with Crippen LogP contribution in [0.4, 0.5) is 11.4 Å². The fraction of sp³-hybridized carbons (Fsp3) is 0.250. The van der Waals surface area contributed by atoms with E-state index in [0.29, 0.717) is 17.2 Å². The van der Waals surface area contributed by atoms with E-state index in [-0.39, 0.29) is 5.91 Å². The normalized spacial score (nSPS) is 16.8. The Labute approximate surface area is 141 Å².